The van der Waals surface area contributed by atoms with E-state index in [2.05, 4.69) is 19.9 Å². The fourth-order valence-corrected chi connectivity index (χ4v) is 3.90. The molecule has 2 aliphatic rings. The van der Waals surface area contributed by atoms with Gasteiger partial charge in [-0.05, 0) is 69.4 Å². The van der Waals surface area contributed by atoms with E-state index in [1.807, 2.05) is 13.0 Å². The van der Waals surface area contributed by atoms with Crippen molar-refractivity contribution >= 4 is 5.78 Å². The molecule has 0 unspecified atom stereocenters. The lowest BCUT2D eigenvalue weighted by Crippen LogP contribution is -2.28. The molecule has 0 fully saturated rings. The van der Waals surface area contributed by atoms with Gasteiger partial charge in [-0.25, -0.2) is 0 Å². The van der Waals surface area contributed by atoms with Crippen molar-refractivity contribution in [2.75, 3.05) is 6.61 Å². The first-order valence-corrected chi connectivity index (χ1v) is 8.70. The molecule has 0 aromatic rings. The highest BCUT2D eigenvalue weighted by Crippen LogP contribution is 2.42. The zero-order valence-electron chi connectivity index (χ0n) is 14.7. The van der Waals surface area contributed by atoms with Crippen molar-refractivity contribution in [3.05, 3.63) is 34.9 Å². The van der Waals surface area contributed by atoms with Gasteiger partial charge < -0.3 is 10.2 Å². The van der Waals surface area contributed by atoms with Crippen LogP contribution in [0.25, 0.3) is 0 Å². The van der Waals surface area contributed by atoms with E-state index in [1.165, 1.54) is 5.57 Å². The van der Waals surface area contributed by atoms with Crippen LogP contribution >= 0.6 is 0 Å². The summed E-state index contributed by atoms with van der Waals surface area (Å²) in [6.07, 6.45) is 7.73. The molecule has 128 valence electrons. The fraction of sp³-hybridized carbons (Fsp3) is 0.650. The van der Waals surface area contributed by atoms with Gasteiger partial charge in [0.2, 0.25) is 0 Å². The molecule has 2 aliphatic carbocycles. The van der Waals surface area contributed by atoms with Crippen LogP contribution < -0.4 is 0 Å². The van der Waals surface area contributed by atoms with Gasteiger partial charge in [-0.2, -0.15) is 0 Å². The molecule has 0 radical (unpaired) electrons. The average Bonchev–Trinajstić information content (AvgIpc) is 2.50. The Morgan fingerprint density at radius 3 is 2.48 bits per heavy atom. The van der Waals surface area contributed by atoms with Crippen molar-refractivity contribution in [2.45, 2.75) is 53.1 Å². The number of hydrogen-bond donors (Lipinski definition) is 2. The smallest absolute Gasteiger partial charge is 0.188 e. The summed E-state index contributed by atoms with van der Waals surface area (Å²) >= 11 is 0. The maximum Gasteiger partial charge on any atom is 0.188 e. The molecule has 0 aromatic heterocycles. The lowest BCUT2D eigenvalue weighted by atomic mass is 9.68. The van der Waals surface area contributed by atoms with E-state index in [1.54, 1.807) is 13.0 Å². The summed E-state index contributed by atoms with van der Waals surface area (Å²) in [6, 6.07) is 0. The molecular weight excluding hydrogens is 288 g/mol. The molecule has 0 spiro atoms. The number of ketones is 1. The van der Waals surface area contributed by atoms with Crippen molar-refractivity contribution in [1.82, 2.24) is 0 Å². The molecule has 2 rings (SSSR count). The second kappa shape index (κ2) is 7.59. The quantitative estimate of drug-likeness (QED) is 0.728. The Labute approximate surface area is 139 Å². The van der Waals surface area contributed by atoms with Crippen LogP contribution in [-0.2, 0) is 4.79 Å². The highest BCUT2D eigenvalue weighted by Gasteiger charge is 2.32. The number of carbonyl (C=O) groups is 1. The Hall–Kier alpha value is -1.19. The molecular formula is C20H30O3. The summed E-state index contributed by atoms with van der Waals surface area (Å²) in [5, 5.41) is 19.9. The molecule has 0 saturated heterocycles. The minimum Gasteiger partial charge on any atom is -0.396 e. The molecule has 0 amide bonds. The SMILES string of the molecule is CC1=C[C@H]2C[C@@H](C)[C@@H](CO)/C=C(\C)[C@H](O)C(=O)/C=C(\C)CC[C@@H]12. The van der Waals surface area contributed by atoms with E-state index in [0.29, 0.717) is 23.3 Å². The van der Waals surface area contributed by atoms with E-state index in [4.69, 9.17) is 0 Å². The van der Waals surface area contributed by atoms with Crippen LogP contribution in [0.1, 0.15) is 47.0 Å². The average molecular weight is 318 g/mol. The van der Waals surface area contributed by atoms with Crippen LogP contribution in [0.5, 0.6) is 0 Å². The van der Waals surface area contributed by atoms with Gasteiger partial charge in [0.25, 0.3) is 0 Å². The maximum absolute atomic E-state index is 12.2. The third-order valence-electron chi connectivity index (χ3n) is 5.58. The number of hydrogen-bond acceptors (Lipinski definition) is 3. The monoisotopic (exact) mass is 318 g/mol. The number of fused-ring (bicyclic) bond motifs is 1. The zero-order chi connectivity index (χ0) is 17.1. The molecule has 3 heteroatoms. The van der Waals surface area contributed by atoms with Crippen LogP contribution in [0.3, 0.4) is 0 Å². The van der Waals surface area contributed by atoms with Gasteiger partial charge in [0, 0.05) is 12.5 Å². The topological polar surface area (TPSA) is 57.5 Å². The largest absolute Gasteiger partial charge is 0.396 e. The van der Waals surface area contributed by atoms with Crippen LogP contribution in [0.4, 0.5) is 0 Å². The van der Waals surface area contributed by atoms with Crippen molar-refractivity contribution < 1.29 is 15.0 Å². The first kappa shape index (κ1) is 18.2. The van der Waals surface area contributed by atoms with Gasteiger partial charge in [0.1, 0.15) is 6.10 Å². The van der Waals surface area contributed by atoms with Crippen LogP contribution in [-0.4, -0.2) is 28.7 Å². The summed E-state index contributed by atoms with van der Waals surface area (Å²) in [6.45, 7) is 8.13. The molecule has 0 aliphatic heterocycles. The number of aliphatic hydroxyl groups excluding tert-OH is 2. The second-order valence-corrected chi connectivity index (χ2v) is 7.49. The third-order valence-corrected chi connectivity index (χ3v) is 5.58. The Morgan fingerprint density at radius 1 is 1.17 bits per heavy atom. The first-order chi connectivity index (χ1) is 10.8. The Kier molecular flexibility index (Phi) is 5.99. The minimum atomic E-state index is -1.09. The van der Waals surface area contributed by atoms with E-state index >= 15 is 0 Å². The van der Waals surface area contributed by atoms with Crippen LogP contribution in [0.2, 0.25) is 0 Å². The molecule has 0 aromatic carbocycles. The number of aliphatic hydroxyl groups is 2. The summed E-state index contributed by atoms with van der Waals surface area (Å²) in [5.74, 6) is 1.22. The highest BCUT2D eigenvalue weighted by molar-refractivity contribution is 5.95. The summed E-state index contributed by atoms with van der Waals surface area (Å²) in [5.41, 5.74) is 3.12. The molecule has 0 bridgehead atoms. The molecule has 0 heterocycles. The van der Waals surface area contributed by atoms with Crippen molar-refractivity contribution in [2.24, 2.45) is 23.7 Å². The van der Waals surface area contributed by atoms with Crippen molar-refractivity contribution in [3.63, 3.8) is 0 Å². The van der Waals surface area contributed by atoms with E-state index in [9.17, 15) is 15.0 Å². The normalized spacial score (nSPS) is 40.9. The number of rotatable bonds is 1. The standard InChI is InChI=1S/C20H30O3/c1-12-5-6-18-14(3)9-16(18)8-13(2)17(11-21)10-15(4)20(23)19(22)7-12/h7,9-10,13,16-18,20-21,23H,5-6,8,11H2,1-4H3/b12-7+,15-10+/t13-,16-,17-,18+,20+/m1/s1. The fourth-order valence-electron chi connectivity index (χ4n) is 3.90. The predicted octanol–water partition coefficient (Wildman–Crippen LogP) is 3.43. The van der Waals surface area contributed by atoms with E-state index in [0.717, 1.165) is 24.8 Å². The summed E-state index contributed by atoms with van der Waals surface area (Å²) < 4.78 is 0. The third kappa shape index (κ3) is 4.21. The Bertz CT molecular complexity index is 541. The number of carbonyl (C=O) groups excluding carboxylic acids is 1. The molecule has 2 N–H and O–H groups in total. The van der Waals surface area contributed by atoms with Gasteiger partial charge in [0.05, 0.1) is 0 Å². The first-order valence-electron chi connectivity index (χ1n) is 8.70. The lowest BCUT2D eigenvalue weighted by Gasteiger charge is -2.37. The summed E-state index contributed by atoms with van der Waals surface area (Å²) in [7, 11) is 0. The van der Waals surface area contributed by atoms with Crippen LogP contribution in [0, 0.1) is 23.7 Å². The lowest BCUT2D eigenvalue weighted by molar-refractivity contribution is -0.120. The van der Waals surface area contributed by atoms with E-state index < -0.39 is 6.10 Å². The van der Waals surface area contributed by atoms with E-state index in [-0.39, 0.29) is 18.3 Å². The van der Waals surface area contributed by atoms with Crippen molar-refractivity contribution in [3.8, 4) is 0 Å². The Balaban J connectivity index is 2.29. The molecule has 5 atom stereocenters. The van der Waals surface area contributed by atoms with Crippen molar-refractivity contribution in [1.29, 1.82) is 0 Å². The highest BCUT2D eigenvalue weighted by atomic mass is 16.3. The van der Waals surface area contributed by atoms with Gasteiger partial charge in [-0.1, -0.05) is 30.2 Å². The van der Waals surface area contributed by atoms with Gasteiger partial charge >= 0.3 is 0 Å². The van der Waals surface area contributed by atoms with Gasteiger partial charge in [0.15, 0.2) is 5.78 Å². The number of allylic oxidation sites excluding steroid dienone is 3. The zero-order valence-corrected chi connectivity index (χ0v) is 14.7. The Morgan fingerprint density at radius 2 is 1.87 bits per heavy atom. The maximum atomic E-state index is 12.2. The van der Waals surface area contributed by atoms with Gasteiger partial charge in [-0.15, -0.1) is 0 Å². The molecule has 3 nitrogen and oxygen atoms in total. The predicted molar refractivity (Wildman–Crippen MR) is 92.9 cm³/mol. The van der Waals surface area contributed by atoms with Crippen LogP contribution in [0.15, 0.2) is 34.9 Å². The second-order valence-electron chi connectivity index (χ2n) is 7.49. The summed E-state index contributed by atoms with van der Waals surface area (Å²) in [4.78, 5) is 12.2. The molecule has 0 saturated carbocycles. The van der Waals surface area contributed by atoms with Gasteiger partial charge in [-0.3, -0.25) is 4.79 Å². The minimum absolute atomic E-state index is 0.0155. The molecule has 23 heavy (non-hydrogen) atoms.